The summed E-state index contributed by atoms with van der Waals surface area (Å²) in [5.74, 6) is -0.330. The van der Waals surface area contributed by atoms with Gasteiger partial charge in [-0.1, -0.05) is 25.7 Å². The Kier molecular flexibility index (Phi) is 19.0. The summed E-state index contributed by atoms with van der Waals surface area (Å²) in [6, 6.07) is -0.584. The predicted molar refractivity (Wildman–Crippen MR) is 232 cm³/mol. The summed E-state index contributed by atoms with van der Waals surface area (Å²) in [6.07, 6.45) is 0.518. The number of hydrogen-bond acceptors (Lipinski definition) is 21. The minimum absolute atomic E-state index is 0.00715. The van der Waals surface area contributed by atoms with E-state index in [9.17, 15) is 52.9 Å². The number of rotatable bonds is 27. The molecule has 11 atom stereocenters. The number of urea groups is 1. The summed E-state index contributed by atoms with van der Waals surface area (Å²) in [5, 5.41) is 27.7. The molecule has 0 radical (unpaired) electrons. The third-order valence-corrected chi connectivity index (χ3v) is 16.5. The molecule has 14 N–H and O–H groups in total. The van der Waals surface area contributed by atoms with Gasteiger partial charge in [-0.25, -0.2) is 28.5 Å². The zero-order valence-electron chi connectivity index (χ0n) is 35.3. The maximum Gasteiger partial charge on any atom is 0.490 e. The summed E-state index contributed by atoms with van der Waals surface area (Å²) in [6.45, 7) is -0.777. The molecule has 0 bridgehead atoms. The van der Waals surface area contributed by atoms with Crippen molar-refractivity contribution in [1.82, 2.24) is 20.4 Å². The number of thioether (sulfide) groups is 1. The van der Waals surface area contributed by atoms with Crippen LogP contribution >= 0.6 is 35.2 Å². The molecule has 5 aliphatic heterocycles. The van der Waals surface area contributed by atoms with Crippen LogP contribution in [0.3, 0.4) is 0 Å². The number of amides is 4. The normalized spacial score (nSPS) is 29.5. The maximum absolute atomic E-state index is 13.9. The molecule has 4 unspecified atom stereocenters. The van der Waals surface area contributed by atoms with E-state index in [1.807, 2.05) is 11.8 Å². The second-order valence-electron chi connectivity index (χ2n) is 16.2. The summed E-state index contributed by atoms with van der Waals surface area (Å²) >= 11 is 1.82. The van der Waals surface area contributed by atoms with Crippen molar-refractivity contribution in [3.05, 3.63) is 0 Å². The minimum Gasteiger partial charge on any atom is -0.387 e. The van der Waals surface area contributed by atoms with E-state index in [0.717, 1.165) is 42.7 Å². The molecule has 5 heterocycles. The van der Waals surface area contributed by atoms with E-state index in [4.69, 9.17) is 31.7 Å². The predicted octanol–water partition coefficient (Wildman–Crippen LogP) is -0.967. The van der Waals surface area contributed by atoms with Crippen LogP contribution in [0.2, 0.25) is 0 Å². The Morgan fingerprint density at radius 3 is 2.42 bits per heavy atom. The third kappa shape index (κ3) is 14.9. The molecule has 3 fully saturated rings. The highest BCUT2D eigenvalue weighted by atomic mass is 32.2. The van der Waals surface area contributed by atoms with E-state index in [0.29, 0.717) is 56.7 Å². The standard InChI is InChI=1S/C34H59N10O17P3S/c35-13-7-1-2-8-14-43(25(46)12-6-3-9-20(36)22(45)10-4-5-11-24-27-21(17-65-24)41-33(50)42-27)26(47)15-34(37)30-31(38-18-40-34)44(19-39-30)32-29(49)28(48)23(59-32)16-58-63(54,55)61-64(56,57)60-62(51,52)53/h18,20-21,23-24,27-29,32,48-49H,1-17,19,35-37H2,(H,54,55)(H,56,57)(H2,41,42,50)(H2,51,52,53)/t20?,21-,23+,24-,27-,28+,29+,32+,34?/m0/s1. The Hall–Kier alpha value is -2.59. The molecule has 65 heavy (non-hydrogen) atoms. The van der Waals surface area contributed by atoms with Gasteiger partial charge in [0.15, 0.2) is 17.7 Å². The number of nitrogens with one attached hydrogen (secondary N) is 2. The van der Waals surface area contributed by atoms with Gasteiger partial charge in [-0.2, -0.15) is 20.4 Å². The Morgan fingerprint density at radius 1 is 0.969 bits per heavy atom. The van der Waals surface area contributed by atoms with E-state index in [1.54, 1.807) is 0 Å². The van der Waals surface area contributed by atoms with Gasteiger partial charge in [-0.3, -0.25) is 28.8 Å². The fraction of sp³-hybridized carbons (Fsp3) is 0.794. The number of imide groups is 1. The van der Waals surface area contributed by atoms with Crippen molar-refractivity contribution in [3.8, 4) is 0 Å². The van der Waals surface area contributed by atoms with Crippen LogP contribution in [0.4, 0.5) is 4.79 Å². The van der Waals surface area contributed by atoms with Crippen molar-refractivity contribution >= 4 is 76.7 Å². The molecule has 0 aromatic carbocycles. The maximum atomic E-state index is 13.9. The molecule has 0 aromatic heterocycles. The quantitative estimate of drug-likeness (QED) is 0.0268. The molecule has 3 saturated heterocycles. The number of nitrogens with zero attached hydrogens (tertiary/aromatic N) is 5. The van der Waals surface area contributed by atoms with E-state index < -0.39 is 84.6 Å². The topological polar surface area (TPSA) is 423 Å². The summed E-state index contributed by atoms with van der Waals surface area (Å²) in [7, 11) is -17.1. The summed E-state index contributed by atoms with van der Waals surface area (Å²) in [5.41, 5.74) is 16.6. The number of ketones is 1. The Labute approximate surface area is 378 Å². The summed E-state index contributed by atoms with van der Waals surface area (Å²) in [4.78, 5) is 104. The zero-order valence-corrected chi connectivity index (χ0v) is 38.8. The Balaban J connectivity index is 1.10. The van der Waals surface area contributed by atoms with Crippen LogP contribution in [-0.4, -0.2) is 167 Å². The van der Waals surface area contributed by atoms with Crippen LogP contribution in [0.1, 0.15) is 83.5 Å². The fourth-order valence-electron chi connectivity index (χ4n) is 7.95. The molecule has 0 aliphatic carbocycles. The number of fused-ring (bicyclic) bond motifs is 2. The minimum atomic E-state index is -5.83. The lowest BCUT2D eigenvalue weighted by atomic mass is 9.97. The molecule has 0 spiro atoms. The van der Waals surface area contributed by atoms with Crippen molar-refractivity contribution in [1.29, 1.82) is 0 Å². The van der Waals surface area contributed by atoms with Crippen molar-refractivity contribution in [3.63, 3.8) is 0 Å². The smallest absolute Gasteiger partial charge is 0.387 e. The van der Waals surface area contributed by atoms with E-state index >= 15 is 0 Å². The Bertz CT molecular complexity index is 1980. The highest BCUT2D eigenvalue weighted by Crippen LogP contribution is 2.66. The number of aliphatic hydroxyl groups is 2. The first kappa shape index (κ1) is 53.4. The van der Waals surface area contributed by atoms with E-state index in [-0.39, 0.29) is 55.1 Å². The summed E-state index contributed by atoms with van der Waals surface area (Å²) < 4.78 is 52.4. The molecule has 0 aromatic rings. The second-order valence-corrected chi connectivity index (χ2v) is 21.9. The van der Waals surface area contributed by atoms with Gasteiger partial charge in [0.25, 0.3) is 0 Å². The third-order valence-electron chi connectivity index (χ3n) is 11.2. The average molecular weight is 1000 g/mol. The first-order chi connectivity index (χ1) is 30.5. The number of amidine groups is 1. The molecule has 4 amide bonds. The molecular weight excluding hydrogens is 945 g/mol. The lowest BCUT2D eigenvalue weighted by molar-refractivity contribution is -0.145. The second kappa shape index (κ2) is 23.1. The van der Waals surface area contributed by atoms with E-state index in [2.05, 4.69) is 38.8 Å². The lowest BCUT2D eigenvalue weighted by Crippen LogP contribution is -2.57. The van der Waals surface area contributed by atoms with Crippen LogP contribution in [0.5, 0.6) is 0 Å². The number of carbonyl (C=O) groups excluding carboxylic acids is 4. The number of carbonyl (C=O) groups is 4. The van der Waals surface area contributed by atoms with Crippen LogP contribution in [0, 0.1) is 0 Å². The number of phosphoric ester groups is 1. The monoisotopic (exact) mass is 1000 g/mol. The highest BCUT2D eigenvalue weighted by molar-refractivity contribution is 8.00. The van der Waals surface area contributed by atoms with Gasteiger partial charge in [0.2, 0.25) is 11.8 Å². The van der Waals surface area contributed by atoms with Gasteiger partial charge in [-0.05, 0) is 45.1 Å². The number of Topliss-reactive ketones (excluding diaryl/α,β-unsaturated/α-hetero) is 1. The molecule has 0 saturated carbocycles. The largest absolute Gasteiger partial charge is 0.490 e. The Morgan fingerprint density at radius 2 is 1.69 bits per heavy atom. The van der Waals surface area contributed by atoms with Crippen LogP contribution < -0.4 is 27.8 Å². The molecule has 27 nitrogen and oxygen atoms in total. The molecule has 5 aliphatic rings. The van der Waals surface area contributed by atoms with Gasteiger partial charge < -0.3 is 67.3 Å². The van der Waals surface area contributed by atoms with Crippen LogP contribution in [0.25, 0.3) is 0 Å². The van der Waals surface area contributed by atoms with Gasteiger partial charge in [-0.15, -0.1) is 0 Å². The molecule has 368 valence electrons. The van der Waals surface area contributed by atoms with Gasteiger partial charge in [0.05, 0.1) is 31.2 Å². The van der Waals surface area contributed by atoms with Gasteiger partial charge in [0, 0.05) is 30.4 Å². The number of hydrogen-bond donors (Lipinski definition) is 11. The van der Waals surface area contributed by atoms with Crippen LogP contribution in [0.15, 0.2) is 15.0 Å². The van der Waals surface area contributed by atoms with Crippen LogP contribution in [-0.2, 0) is 46.0 Å². The van der Waals surface area contributed by atoms with Gasteiger partial charge >= 0.3 is 29.5 Å². The fourth-order valence-corrected chi connectivity index (χ4v) is 12.5. The first-order valence-electron chi connectivity index (χ1n) is 21.1. The highest BCUT2D eigenvalue weighted by Gasteiger charge is 2.52. The number of aliphatic hydroxyl groups excluding tert-OH is 2. The number of unbranched alkanes of at least 4 members (excludes halogenated alkanes) is 5. The van der Waals surface area contributed by atoms with Crippen molar-refractivity contribution < 1.29 is 80.5 Å². The zero-order chi connectivity index (χ0) is 47.7. The van der Waals surface area contributed by atoms with Crippen molar-refractivity contribution in [2.24, 2.45) is 32.2 Å². The molecule has 5 rings (SSSR count). The SMILES string of the molecule is NCCCCCCN(C(=O)CCCCC(N)C(=O)CCCC[C@@H]1SC[C@@H]2NC(=O)N[C@@H]21)C(=O)CC1(N)N=CN=C2C1=NCN2[C@@H]1O[C@H](COP(=O)(O)OP(=O)(O)OP(=O)(O)O)[C@@H](O)[C@H]1O. The van der Waals surface area contributed by atoms with E-state index in [1.165, 1.54) is 4.90 Å². The van der Waals surface area contributed by atoms with Crippen molar-refractivity contribution in [2.75, 3.05) is 32.1 Å². The molecular formula is C34H59N10O17P3S. The van der Waals surface area contributed by atoms with Gasteiger partial charge in [0.1, 0.15) is 42.8 Å². The number of aliphatic imine (C=N–C) groups is 3. The van der Waals surface area contributed by atoms with Crippen molar-refractivity contribution in [2.45, 2.75) is 137 Å². The molecule has 31 heteroatoms. The lowest BCUT2D eigenvalue weighted by Gasteiger charge is -2.33. The number of ether oxygens (including phenoxy) is 1. The average Bonchev–Trinajstić information content (AvgIpc) is 3.97. The first-order valence-corrected chi connectivity index (χ1v) is 26.6. The number of nitrogens with two attached hydrogens (primary N) is 3. The number of phosphoric acid groups is 3.